The summed E-state index contributed by atoms with van der Waals surface area (Å²) in [6.07, 6.45) is 0.442. The molecule has 0 aliphatic rings. The molecule has 0 fully saturated rings. The molecule has 2 N–H and O–H groups in total. The number of hydrogen-bond donors (Lipinski definition) is 2. The van der Waals surface area contributed by atoms with Crippen molar-refractivity contribution in [3.63, 3.8) is 0 Å². The van der Waals surface area contributed by atoms with Crippen LogP contribution in [0.3, 0.4) is 0 Å². The van der Waals surface area contributed by atoms with Crippen molar-refractivity contribution in [2.75, 3.05) is 6.54 Å². The van der Waals surface area contributed by atoms with Crippen LogP contribution in [0.5, 0.6) is 0 Å². The zero-order valence-corrected chi connectivity index (χ0v) is 13.4. The van der Waals surface area contributed by atoms with Crippen LogP contribution < -0.4 is 5.32 Å². The minimum atomic E-state index is -0.637. The van der Waals surface area contributed by atoms with Crippen LogP contribution in [0, 0.1) is 13.8 Å². The zero-order chi connectivity index (χ0) is 15.4. The van der Waals surface area contributed by atoms with Crippen LogP contribution in [-0.2, 0) is 18.3 Å². The normalized spacial score (nSPS) is 12.4. The Morgan fingerprint density at radius 3 is 2.86 bits per heavy atom. The summed E-state index contributed by atoms with van der Waals surface area (Å²) in [6.45, 7) is 4.22. The highest BCUT2D eigenvalue weighted by Gasteiger charge is 2.13. The number of carbonyl (C=O) groups excluding carboxylic acids is 1. The highest BCUT2D eigenvalue weighted by Crippen LogP contribution is 2.16. The number of aromatic nitrogens is 2. The Bertz CT molecular complexity index is 605. The number of aliphatic hydroxyl groups is 1. The van der Waals surface area contributed by atoms with Gasteiger partial charge in [-0.2, -0.15) is 16.4 Å². The quantitative estimate of drug-likeness (QED) is 0.856. The minimum absolute atomic E-state index is 0.0491. The second-order valence-corrected chi connectivity index (χ2v) is 5.93. The van der Waals surface area contributed by atoms with Crippen LogP contribution in [-0.4, -0.2) is 27.3 Å². The molecule has 0 saturated carbocycles. The lowest BCUT2D eigenvalue weighted by Gasteiger charge is -2.10. The van der Waals surface area contributed by atoms with E-state index in [4.69, 9.17) is 0 Å². The van der Waals surface area contributed by atoms with Crippen molar-refractivity contribution in [1.29, 1.82) is 0 Å². The predicted octanol–water partition coefficient (Wildman–Crippen LogP) is 1.88. The van der Waals surface area contributed by atoms with Crippen molar-refractivity contribution < 1.29 is 9.90 Å². The Labute approximate surface area is 128 Å². The molecular formula is C15H21N3O2S. The van der Waals surface area contributed by atoms with E-state index in [1.807, 2.05) is 42.4 Å². The van der Waals surface area contributed by atoms with Gasteiger partial charge in [0, 0.05) is 25.7 Å². The van der Waals surface area contributed by atoms with Crippen molar-refractivity contribution in [3.8, 4) is 0 Å². The van der Waals surface area contributed by atoms with Crippen LogP contribution in [0.4, 0.5) is 0 Å². The fraction of sp³-hybridized carbons (Fsp3) is 0.467. The fourth-order valence-electron chi connectivity index (χ4n) is 2.30. The van der Waals surface area contributed by atoms with Gasteiger partial charge >= 0.3 is 0 Å². The van der Waals surface area contributed by atoms with Gasteiger partial charge in [-0.3, -0.25) is 9.48 Å². The topological polar surface area (TPSA) is 67.2 Å². The first-order valence-corrected chi connectivity index (χ1v) is 7.89. The molecule has 0 saturated heterocycles. The van der Waals surface area contributed by atoms with Gasteiger partial charge in [0.1, 0.15) is 0 Å². The number of hydrogen-bond acceptors (Lipinski definition) is 4. The average Bonchev–Trinajstić information content (AvgIpc) is 3.05. The molecule has 0 aliphatic carbocycles. The molecule has 1 unspecified atom stereocenters. The largest absolute Gasteiger partial charge is 0.387 e. The monoisotopic (exact) mass is 307 g/mol. The molecule has 2 rings (SSSR count). The summed E-state index contributed by atoms with van der Waals surface area (Å²) < 4.78 is 1.84. The van der Waals surface area contributed by atoms with Gasteiger partial charge in [0.15, 0.2) is 0 Å². The molecule has 2 aromatic heterocycles. The number of amides is 1. The van der Waals surface area contributed by atoms with E-state index in [-0.39, 0.29) is 12.5 Å². The Morgan fingerprint density at radius 1 is 1.52 bits per heavy atom. The van der Waals surface area contributed by atoms with Gasteiger partial charge in [-0.25, -0.2) is 0 Å². The van der Waals surface area contributed by atoms with E-state index < -0.39 is 6.10 Å². The smallest absolute Gasteiger partial charge is 0.220 e. The summed E-state index contributed by atoms with van der Waals surface area (Å²) in [6, 6.07) is 1.86. The van der Waals surface area contributed by atoms with Crippen molar-refractivity contribution in [2.24, 2.45) is 7.05 Å². The lowest BCUT2D eigenvalue weighted by atomic mass is 10.1. The number of carbonyl (C=O) groups is 1. The number of aliphatic hydroxyl groups excluding tert-OH is 1. The Kier molecular flexibility index (Phi) is 5.14. The highest BCUT2D eigenvalue weighted by molar-refractivity contribution is 7.07. The molecule has 0 aromatic carbocycles. The SMILES string of the molecule is Cc1nn(C)c(C)c1CCC(=O)NCC(O)c1ccsc1. The first-order valence-electron chi connectivity index (χ1n) is 6.95. The minimum Gasteiger partial charge on any atom is -0.387 e. The second-order valence-electron chi connectivity index (χ2n) is 5.15. The molecule has 114 valence electrons. The summed E-state index contributed by atoms with van der Waals surface area (Å²) in [4.78, 5) is 11.9. The van der Waals surface area contributed by atoms with E-state index in [0.29, 0.717) is 12.8 Å². The van der Waals surface area contributed by atoms with Crippen LogP contribution in [0.25, 0.3) is 0 Å². The van der Waals surface area contributed by atoms with E-state index in [2.05, 4.69) is 10.4 Å². The van der Waals surface area contributed by atoms with Gasteiger partial charge in [0.25, 0.3) is 0 Å². The Hall–Kier alpha value is -1.66. The standard InChI is InChI=1S/C15H21N3O2S/c1-10-13(11(2)18(3)17-10)4-5-15(20)16-8-14(19)12-6-7-21-9-12/h6-7,9,14,19H,4-5,8H2,1-3H3,(H,16,20). The third kappa shape index (κ3) is 3.92. The number of rotatable bonds is 6. The van der Waals surface area contributed by atoms with Crippen LogP contribution in [0.2, 0.25) is 0 Å². The molecule has 5 nitrogen and oxygen atoms in total. The molecule has 0 aliphatic heterocycles. The first kappa shape index (κ1) is 15.7. The predicted molar refractivity (Wildman–Crippen MR) is 83.3 cm³/mol. The maximum atomic E-state index is 11.9. The van der Waals surface area contributed by atoms with E-state index in [9.17, 15) is 9.90 Å². The molecule has 6 heteroatoms. The fourth-order valence-corrected chi connectivity index (χ4v) is 3.01. The van der Waals surface area contributed by atoms with Crippen LogP contribution in [0.1, 0.15) is 35.0 Å². The Balaban J connectivity index is 1.80. The van der Waals surface area contributed by atoms with Gasteiger partial charge in [-0.1, -0.05) is 0 Å². The molecule has 0 bridgehead atoms. The summed E-state index contributed by atoms with van der Waals surface area (Å²) in [5.41, 5.74) is 4.05. The van der Waals surface area contributed by atoms with Gasteiger partial charge in [0.05, 0.1) is 11.8 Å². The molecule has 2 heterocycles. The molecule has 1 amide bonds. The van der Waals surface area contributed by atoms with Crippen LogP contribution >= 0.6 is 11.3 Å². The highest BCUT2D eigenvalue weighted by atomic mass is 32.1. The van der Waals surface area contributed by atoms with E-state index in [0.717, 1.165) is 22.5 Å². The number of aryl methyl sites for hydroxylation is 2. The Morgan fingerprint density at radius 2 is 2.29 bits per heavy atom. The maximum absolute atomic E-state index is 11.9. The lowest BCUT2D eigenvalue weighted by molar-refractivity contribution is -0.121. The molecule has 1 atom stereocenters. The third-order valence-corrected chi connectivity index (χ3v) is 4.38. The molecule has 21 heavy (non-hydrogen) atoms. The van der Waals surface area contributed by atoms with Gasteiger partial charge in [-0.15, -0.1) is 0 Å². The number of nitrogens with one attached hydrogen (secondary N) is 1. The number of thiophene rings is 1. The first-order chi connectivity index (χ1) is 9.99. The van der Waals surface area contributed by atoms with Crippen LogP contribution in [0.15, 0.2) is 16.8 Å². The summed E-state index contributed by atoms with van der Waals surface area (Å²) >= 11 is 1.53. The zero-order valence-electron chi connectivity index (χ0n) is 12.6. The van der Waals surface area contributed by atoms with E-state index in [1.54, 1.807) is 0 Å². The second kappa shape index (κ2) is 6.87. The van der Waals surface area contributed by atoms with Crippen molar-refractivity contribution >= 4 is 17.2 Å². The summed E-state index contributed by atoms with van der Waals surface area (Å²) in [7, 11) is 1.91. The lowest BCUT2D eigenvalue weighted by Crippen LogP contribution is -2.28. The number of nitrogens with zero attached hydrogens (tertiary/aromatic N) is 2. The van der Waals surface area contributed by atoms with Gasteiger partial charge in [0.2, 0.25) is 5.91 Å². The van der Waals surface area contributed by atoms with E-state index in [1.165, 1.54) is 11.3 Å². The molecule has 0 spiro atoms. The maximum Gasteiger partial charge on any atom is 0.220 e. The van der Waals surface area contributed by atoms with Crippen molar-refractivity contribution in [1.82, 2.24) is 15.1 Å². The van der Waals surface area contributed by atoms with Crippen molar-refractivity contribution in [3.05, 3.63) is 39.3 Å². The molecule has 2 aromatic rings. The van der Waals surface area contributed by atoms with E-state index >= 15 is 0 Å². The van der Waals surface area contributed by atoms with Gasteiger partial charge in [-0.05, 0) is 48.2 Å². The van der Waals surface area contributed by atoms with Gasteiger partial charge < -0.3 is 10.4 Å². The molecule has 0 radical (unpaired) electrons. The summed E-state index contributed by atoms with van der Waals surface area (Å²) in [5, 5.41) is 20.8. The van der Waals surface area contributed by atoms with Crippen molar-refractivity contribution in [2.45, 2.75) is 32.8 Å². The molecular weight excluding hydrogens is 286 g/mol. The average molecular weight is 307 g/mol. The third-order valence-electron chi connectivity index (χ3n) is 3.68. The summed E-state index contributed by atoms with van der Waals surface area (Å²) in [5.74, 6) is -0.0491.